The lowest BCUT2D eigenvalue weighted by Crippen LogP contribution is -2.29. The number of carbonyl (C=O) groups is 1. The summed E-state index contributed by atoms with van der Waals surface area (Å²) in [5.74, 6) is -1.38. The van der Waals surface area contributed by atoms with E-state index in [1.165, 1.54) is 13.3 Å². The Labute approximate surface area is 306 Å². The molecule has 0 spiro atoms. The van der Waals surface area contributed by atoms with Crippen molar-refractivity contribution in [3.05, 3.63) is 89.0 Å². The molecule has 1 saturated carbocycles. The van der Waals surface area contributed by atoms with Gasteiger partial charge in [0.15, 0.2) is 33.1 Å². The van der Waals surface area contributed by atoms with E-state index in [0.717, 1.165) is 35.7 Å². The molecule has 0 radical (unpaired) electrons. The lowest BCUT2D eigenvalue weighted by atomic mass is 9.75. The molecule has 2 aromatic carbocycles. The van der Waals surface area contributed by atoms with Crippen LogP contribution in [0.15, 0.2) is 64.6 Å². The van der Waals surface area contributed by atoms with Crippen LogP contribution >= 0.6 is 11.8 Å². The Kier molecular flexibility index (Phi) is 9.34. The van der Waals surface area contributed by atoms with Crippen LogP contribution < -0.4 is 0 Å². The summed E-state index contributed by atoms with van der Waals surface area (Å²) in [7, 11) is -0.362. The molecule has 1 atom stereocenters. The molecule has 1 aliphatic carbocycles. The number of esters is 1. The Morgan fingerprint density at radius 2 is 1.85 bits per heavy atom. The van der Waals surface area contributed by atoms with Crippen LogP contribution in [-0.2, 0) is 44.7 Å². The zero-order valence-corrected chi connectivity index (χ0v) is 31.7. The monoisotopic (exact) mass is 747 g/mol. The summed E-state index contributed by atoms with van der Waals surface area (Å²) >= 11 is 1.04. The second kappa shape index (κ2) is 13.4. The highest BCUT2D eigenvalue weighted by atomic mass is 32.2. The number of aromatic nitrogens is 5. The average Bonchev–Trinajstić information content (AvgIpc) is 3.51. The van der Waals surface area contributed by atoms with Crippen molar-refractivity contribution >= 4 is 38.5 Å². The van der Waals surface area contributed by atoms with Crippen molar-refractivity contribution in [2.45, 2.75) is 80.9 Å². The molecule has 0 saturated heterocycles. The van der Waals surface area contributed by atoms with Crippen LogP contribution in [0.25, 0.3) is 22.4 Å². The van der Waals surface area contributed by atoms with E-state index in [4.69, 9.17) is 14.8 Å². The van der Waals surface area contributed by atoms with Gasteiger partial charge in [0.05, 0.1) is 39.9 Å². The molecule has 5 aromatic rings. The third kappa shape index (κ3) is 6.89. The lowest BCUT2D eigenvalue weighted by molar-refractivity contribution is -0.147. The Hall–Kier alpha value is -4.10. The Morgan fingerprint density at radius 1 is 1.06 bits per heavy atom. The molecule has 1 fully saturated rings. The topological polar surface area (TPSA) is 120 Å². The van der Waals surface area contributed by atoms with Crippen molar-refractivity contribution in [3.8, 4) is 11.5 Å². The SMILES string of the molecule is COC(=O)C1(Cc2cccc([C@@]3(C)CCCC(C)(C)CS(=O)(=O)CCc4c(c(F)c(F)c5[nH]ccc45)Sc4ccnc(c4)-c4nc3nn4C)c2)CC1. The number of H-pyrrole nitrogens is 1. The lowest BCUT2D eigenvalue weighted by Gasteiger charge is -2.31. The minimum atomic E-state index is -3.60. The molecule has 3 aromatic heterocycles. The number of ether oxygens (including phenoxy) is 1. The number of hydrogen-bond donors (Lipinski definition) is 1. The number of nitrogens with one attached hydrogen (secondary N) is 1. The number of halogens is 2. The first-order chi connectivity index (χ1) is 24.6. The van der Waals surface area contributed by atoms with Gasteiger partial charge in [0, 0.05) is 29.7 Å². The zero-order chi connectivity index (χ0) is 37.1. The highest BCUT2D eigenvalue weighted by Crippen LogP contribution is 2.50. The molecule has 4 bridgehead atoms. The summed E-state index contributed by atoms with van der Waals surface area (Å²) in [6.45, 7) is 6.03. The van der Waals surface area contributed by atoms with Gasteiger partial charge in [-0.1, -0.05) is 56.3 Å². The van der Waals surface area contributed by atoms with E-state index in [1.807, 2.05) is 26.0 Å². The van der Waals surface area contributed by atoms with Crippen molar-refractivity contribution in [2.75, 3.05) is 18.6 Å². The minimum absolute atomic E-state index is 0.0165. The molecule has 0 unspecified atom stereocenters. The van der Waals surface area contributed by atoms with Gasteiger partial charge < -0.3 is 9.72 Å². The van der Waals surface area contributed by atoms with E-state index in [9.17, 15) is 13.2 Å². The first-order valence-corrected chi connectivity index (χ1v) is 20.2. The van der Waals surface area contributed by atoms with Crippen LogP contribution in [0.3, 0.4) is 0 Å². The minimum Gasteiger partial charge on any atom is -0.469 e. The number of benzene rings is 2. The summed E-state index contributed by atoms with van der Waals surface area (Å²) in [4.78, 5) is 25.7. The van der Waals surface area contributed by atoms with Crippen LogP contribution in [0.2, 0.25) is 0 Å². The molecular weight excluding hydrogens is 705 g/mol. The van der Waals surface area contributed by atoms with Crippen LogP contribution in [0.1, 0.15) is 75.4 Å². The van der Waals surface area contributed by atoms with E-state index in [1.54, 1.807) is 36.1 Å². The van der Waals surface area contributed by atoms with Crippen LogP contribution in [-0.4, -0.2) is 57.7 Å². The highest BCUT2D eigenvalue weighted by Gasteiger charge is 2.51. The molecule has 9 nitrogen and oxygen atoms in total. The average molecular weight is 748 g/mol. The summed E-state index contributed by atoms with van der Waals surface area (Å²) in [5, 5.41) is 5.39. The molecule has 13 heteroatoms. The van der Waals surface area contributed by atoms with E-state index in [0.29, 0.717) is 58.9 Å². The fourth-order valence-corrected chi connectivity index (χ4v) is 10.8. The van der Waals surface area contributed by atoms with Gasteiger partial charge in [0.2, 0.25) is 0 Å². The third-order valence-electron chi connectivity index (χ3n) is 10.8. The Bertz CT molecular complexity index is 2300. The molecular formula is C39H43F2N5O4S2. The second-order valence-corrected chi connectivity index (χ2v) is 18.7. The molecule has 0 amide bonds. The van der Waals surface area contributed by atoms with Gasteiger partial charge in [-0.2, -0.15) is 5.10 Å². The fraction of sp³-hybridized carbons (Fsp3) is 0.436. The van der Waals surface area contributed by atoms with E-state index >= 15 is 8.78 Å². The number of carbonyl (C=O) groups excluding carboxylic acids is 1. The first kappa shape index (κ1) is 36.3. The van der Waals surface area contributed by atoms with Gasteiger partial charge in [-0.25, -0.2) is 26.9 Å². The van der Waals surface area contributed by atoms with Crippen LogP contribution in [0.4, 0.5) is 8.78 Å². The number of fused-ring (bicyclic) bond motifs is 8. The number of hydrogen-bond acceptors (Lipinski definition) is 8. The summed E-state index contributed by atoms with van der Waals surface area (Å²) < 4.78 is 65.4. The zero-order valence-electron chi connectivity index (χ0n) is 30.1. The maximum atomic E-state index is 15.8. The Balaban J connectivity index is 1.33. The largest absolute Gasteiger partial charge is 0.469 e. The molecule has 2 aliphatic rings. The van der Waals surface area contributed by atoms with E-state index in [-0.39, 0.29) is 34.3 Å². The van der Waals surface area contributed by atoms with E-state index in [2.05, 4.69) is 29.0 Å². The third-order valence-corrected chi connectivity index (χ3v) is 13.9. The van der Waals surface area contributed by atoms with Crippen molar-refractivity contribution < 1.29 is 26.7 Å². The van der Waals surface area contributed by atoms with Crippen LogP contribution in [0.5, 0.6) is 0 Å². The standard InChI is InChI=1S/C39H43F2N5O4S2/c1-37(2)13-7-14-38(3,25-9-6-8-24(20-25)22-39(15-16-39)36(47)50-5)35-44-34(46(4)45-35)29-21-26(10-17-42-29)51-33-28(12-19-52(48,49)23-37)27-11-18-43-32(27)30(40)31(33)41/h6,8-11,17-18,20-21,43H,7,12-16,19,22-23H2,1-5H3/t38-/m1/s1. The molecule has 52 heavy (non-hydrogen) atoms. The van der Waals surface area contributed by atoms with Crippen molar-refractivity contribution in [2.24, 2.45) is 17.9 Å². The summed E-state index contributed by atoms with van der Waals surface area (Å²) in [6.07, 6.45) is 7.25. The molecule has 1 N–H and O–H groups in total. The number of rotatable bonds is 4. The predicted octanol–water partition coefficient (Wildman–Crippen LogP) is 7.76. The number of sulfone groups is 1. The van der Waals surface area contributed by atoms with Crippen molar-refractivity contribution in [1.82, 2.24) is 24.7 Å². The Morgan fingerprint density at radius 3 is 2.60 bits per heavy atom. The van der Waals surface area contributed by atoms with Gasteiger partial charge >= 0.3 is 5.97 Å². The molecule has 4 heterocycles. The number of methoxy groups -OCH3 is 1. The van der Waals surface area contributed by atoms with Crippen molar-refractivity contribution in [3.63, 3.8) is 0 Å². The second-order valence-electron chi connectivity index (χ2n) is 15.4. The predicted molar refractivity (Wildman–Crippen MR) is 197 cm³/mol. The van der Waals surface area contributed by atoms with Crippen LogP contribution in [0, 0.1) is 22.5 Å². The normalized spacial score (nSPS) is 21.1. The van der Waals surface area contributed by atoms with Gasteiger partial charge in [-0.15, -0.1) is 0 Å². The smallest absolute Gasteiger partial charge is 0.312 e. The maximum Gasteiger partial charge on any atom is 0.312 e. The quantitative estimate of drug-likeness (QED) is 0.186. The van der Waals surface area contributed by atoms with Gasteiger partial charge in [0.1, 0.15) is 5.69 Å². The summed E-state index contributed by atoms with van der Waals surface area (Å²) in [5.41, 5.74) is 1.25. The van der Waals surface area contributed by atoms with Crippen molar-refractivity contribution in [1.29, 1.82) is 0 Å². The number of aryl methyl sites for hydroxylation is 2. The number of pyridine rings is 1. The van der Waals surface area contributed by atoms with Gasteiger partial charge in [0.25, 0.3) is 0 Å². The molecule has 1 aliphatic heterocycles. The molecule has 7 rings (SSSR count). The number of aromatic amines is 1. The fourth-order valence-electron chi connectivity index (χ4n) is 7.72. The first-order valence-electron chi connectivity index (χ1n) is 17.5. The van der Waals surface area contributed by atoms with E-state index < -0.39 is 37.7 Å². The molecule has 274 valence electrons. The number of nitrogens with zero attached hydrogens (tertiary/aromatic N) is 4. The van der Waals surface area contributed by atoms with Gasteiger partial charge in [-0.05, 0) is 85.8 Å². The highest BCUT2D eigenvalue weighted by molar-refractivity contribution is 7.99. The van der Waals surface area contributed by atoms with Gasteiger partial charge in [-0.3, -0.25) is 9.78 Å². The maximum absolute atomic E-state index is 15.8. The summed E-state index contributed by atoms with van der Waals surface area (Å²) in [6, 6.07) is 13.4.